The van der Waals surface area contributed by atoms with E-state index in [0.29, 0.717) is 17.6 Å². The van der Waals surface area contributed by atoms with E-state index in [1.54, 1.807) is 0 Å². The van der Waals surface area contributed by atoms with Gasteiger partial charge in [-0.1, -0.05) is 155 Å². The zero-order valence-electron chi connectivity index (χ0n) is 28.9. The number of likely N-dealkylation sites (N-methyl/N-ethyl adjacent to an activating group) is 1. The molecule has 0 aromatic carbocycles. The maximum atomic E-state index is 11.9. The van der Waals surface area contributed by atoms with Crippen molar-refractivity contribution in [1.29, 1.82) is 0 Å². The number of quaternary nitrogens is 1. The Labute approximate surface area is 266 Å². The quantitative estimate of drug-likeness (QED) is 0.0234. The van der Waals surface area contributed by atoms with Gasteiger partial charge in [0.25, 0.3) is 0 Å². The maximum absolute atomic E-state index is 11.9. The molecule has 0 radical (unpaired) electrons. The fourth-order valence-corrected chi connectivity index (χ4v) is 5.88. The van der Waals surface area contributed by atoms with Gasteiger partial charge < -0.3 is 14.1 Å². The highest BCUT2D eigenvalue weighted by Gasteiger charge is 2.25. The summed E-state index contributed by atoms with van der Waals surface area (Å²) >= 11 is 0. The number of hydrogen-bond donors (Lipinski definition) is 2. The Morgan fingerprint density at radius 3 is 1.28 bits per heavy atom. The summed E-state index contributed by atoms with van der Waals surface area (Å²) in [7, 11) is 1.70. The highest BCUT2D eigenvalue weighted by Crippen LogP contribution is 2.43. The van der Waals surface area contributed by atoms with E-state index in [0.717, 1.165) is 12.8 Å². The van der Waals surface area contributed by atoms with E-state index in [-0.39, 0.29) is 19.8 Å². The van der Waals surface area contributed by atoms with Crippen LogP contribution in [0, 0.1) is 0 Å². The van der Waals surface area contributed by atoms with E-state index in [1.165, 1.54) is 141 Å². The lowest BCUT2D eigenvalue weighted by Crippen LogP contribution is -2.37. The number of ether oxygens (including phenoxy) is 1. The Bertz CT molecular complexity index is 618. The minimum absolute atomic E-state index is 0.0920. The van der Waals surface area contributed by atoms with Gasteiger partial charge in [0, 0.05) is 6.61 Å². The topological polar surface area (TPSA) is 94.5 Å². The van der Waals surface area contributed by atoms with Crippen LogP contribution in [0.1, 0.15) is 161 Å². The number of rotatable bonds is 35. The van der Waals surface area contributed by atoms with Crippen LogP contribution >= 0.6 is 7.82 Å². The molecule has 2 atom stereocenters. The van der Waals surface area contributed by atoms with Crippen LogP contribution < -0.4 is 0 Å². The standard InChI is InChI=1S/C34H72NO7P/c1-5-6-7-8-9-10-11-12-13-14-15-16-17-18-19-20-21-22-23-24-25-26-27-28-30-39-32-34(42-36)33-41-43(37,38)40-31-29-35(2,3)4/h34H,5-33H2,1-4H3,(H-,36,37,38)/p+1. The minimum Gasteiger partial charge on any atom is -0.379 e. The summed E-state index contributed by atoms with van der Waals surface area (Å²) in [5.74, 6) is 0. The molecule has 0 aromatic heterocycles. The summed E-state index contributed by atoms with van der Waals surface area (Å²) in [4.78, 5) is 14.1. The molecule has 0 aliphatic carbocycles. The van der Waals surface area contributed by atoms with E-state index in [1.807, 2.05) is 21.1 Å². The van der Waals surface area contributed by atoms with Gasteiger partial charge in [0.15, 0.2) is 0 Å². The maximum Gasteiger partial charge on any atom is 0.472 e. The van der Waals surface area contributed by atoms with Gasteiger partial charge in [-0.25, -0.2) is 9.45 Å². The summed E-state index contributed by atoms with van der Waals surface area (Å²) in [6.07, 6.45) is 32.0. The highest BCUT2D eigenvalue weighted by atomic mass is 31.2. The van der Waals surface area contributed by atoms with E-state index in [9.17, 15) is 9.46 Å². The molecule has 0 rings (SSSR count). The van der Waals surface area contributed by atoms with Gasteiger partial charge in [0.05, 0.1) is 34.4 Å². The third-order valence-corrected chi connectivity index (χ3v) is 9.02. The molecule has 0 saturated heterocycles. The Morgan fingerprint density at radius 2 is 0.930 bits per heavy atom. The lowest BCUT2D eigenvalue weighted by molar-refractivity contribution is -0.870. The van der Waals surface area contributed by atoms with Crippen molar-refractivity contribution in [3.8, 4) is 0 Å². The monoisotopic (exact) mass is 639 g/mol. The van der Waals surface area contributed by atoms with Crippen molar-refractivity contribution < 1.29 is 37.9 Å². The molecule has 0 aliphatic heterocycles. The van der Waals surface area contributed by atoms with Gasteiger partial charge in [-0.15, -0.1) is 0 Å². The first-order valence-electron chi connectivity index (χ1n) is 18.0. The molecule has 2 unspecified atom stereocenters. The SMILES string of the molecule is CCCCCCCCCCCCCCCCCCCCCCCCCCOCC(COP(=O)(O)OCC[N+](C)(C)C)OO. The van der Waals surface area contributed by atoms with E-state index >= 15 is 0 Å². The van der Waals surface area contributed by atoms with Gasteiger partial charge in [0.2, 0.25) is 0 Å². The summed E-state index contributed by atoms with van der Waals surface area (Å²) in [5, 5.41) is 9.02. The van der Waals surface area contributed by atoms with E-state index in [4.69, 9.17) is 19.0 Å². The highest BCUT2D eigenvalue weighted by molar-refractivity contribution is 7.47. The van der Waals surface area contributed by atoms with Crippen molar-refractivity contribution >= 4 is 7.82 Å². The van der Waals surface area contributed by atoms with Crippen LogP contribution in [0.25, 0.3) is 0 Å². The number of phosphoric acid groups is 1. The van der Waals surface area contributed by atoms with Crippen molar-refractivity contribution in [3.05, 3.63) is 0 Å². The van der Waals surface area contributed by atoms with Crippen LogP contribution in [0.5, 0.6) is 0 Å². The van der Waals surface area contributed by atoms with Gasteiger partial charge in [-0.2, -0.15) is 0 Å². The Kier molecular flexibility index (Phi) is 30.6. The van der Waals surface area contributed by atoms with Crippen LogP contribution in [0.3, 0.4) is 0 Å². The fourth-order valence-electron chi connectivity index (χ4n) is 5.13. The van der Waals surface area contributed by atoms with Crippen molar-refractivity contribution in [2.24, 2.45) is 0 Å². The van der Waals surface area contributed by atoms with Crippen molar-refractivity contribution in [1.82, 2.24) is 0 Å². The molecule has 260 valence electrons. The summed E-state index contributed by atoms with van der Waals surface area (Å²) in [6, 6.07) is 0. The van der Waals surface area contributed by atoms with Crippen LogP contribution in [0.4, 0.5) is 0 Å². The minimum atomic E-state index is -4.19. The van der Waals surface area contributed by atoms with Crippen LogP contribution in [0.2, 0.25) is 0 Å². The second kappa shape index (κ2) is 30.6. The average molecular weight is 639 g/mol. The van der Waals surface area contributed by atoms with Crippen molar-refractivity contribution in [3.63, 3.8) is 0 Å². The molecular weight excluding hydrogens is 565 g/mol. The van der Waals surface area contributed by atoms with Crippen molar-refractivity contribution in [2.75, 3.05) is 54.1 Å². The molecular formula is C34H73NO7P+. The third kappa shape index (κ3) is 34.7. The molecule has 0 bridgehead atoms. The molecule has 0 aliphatic rings. The van der Waals surface area contributed by atoms with Gasteiger partial charge >= 0.3 is 7.82 Å². The number of nitrogens with zero attached hydrogens (tertiary/aromatic N) is 1. The fraction of sp³-hybridized carbons (Fsp3) is 1.00. The van der Waals surface area contributed by atoms with Gasteiger partial charge in [-0.3, -0.25) is 14.3 Å². The van der Waals surface area contributed by atoms with Gasteiger partial charge in [-0.05, 0) is 6.42 Å². The zero-order valence-corrected chi connectivity index (χ0v) is 29.8. The predicted octanol–water partition coefficient (Wildman–Crippen LogP) is 10.1. The predicted molar refractivity (Wildman–Crippen MR) is 179 cm³/mol. The normalized spacial score (nSPS) is 14.3. The number of hydrogen-bond acceptors (Lipinski definition) is 6. The third-order valence-electron chi connectivity index (χ3n) is 8.04. The summed E-state index contributed by atoms with van der Waals surface area (Å²) < 4.78 is 28.0. The molecule has 0 fully saturated rings. The van der Waals surface area contributed by atoms with E-state index in [2.05, 4.69) is 11.8 Å². The van der Waals surface area contributed by atoms with Crippen LogP contribution in [-0.4, -0.2) is 74.9 Å². The molecule has 0 spiro atoms. The van der Waals surface area contributed by atoms with Crippen LogP contribution in [0.15, 0.2) is 0 Å². The Morgan fingerprint density at radius 1 is 0.558 bits per heavy atom. The Hall–Kier alpha value is -0.0500. The molecule has 0 saturated carbocycles. The second-order valence-electron chi connectivity index (χ2n) is 13.5. The molecule has 0 aromatic rings. The zero-order chi connectivity index (χ0) is 31.9. The first-order valence-corrected chi connectivity index (χ1v) is 19.5. The lowest BCUT2D eigenvalue weighted by atomic mass is 10.0. The lowest BCUT2D eigenvalue weighted by Gasteiger charge is -2.24. The molecule has 43 heavy (non-hydrogen) atoms. The Balaban J connectivity index is 3.35. The number of unbranched alkanes of at least 4 members (excludes halogenated alkanes) is 23. The molecule has 0 heterocycles. The largest absolute Gasteiger partial charge is 0.472 e. The van der Waals surface area contributed by atoms with E-state index < -0.39 is 13.9 Å². The average Bonchev–Trinajstić information content (AvgIpc) is 2.95. The summed E-state index contributed by atoms with van der Waals surface area (Å²) in [6.45, 7) is 3.32. The summed E-state index contributed by atoms with van der Waals surface area (Å²) in [5.41, 5.74) is 0. The van der Waals surface area contributed by atoms with Gasteiger partial charge in [0.1, 0.15) is 19.3 Å². The van der Waals surface area contributed by atoms with Crippen LogP contribution in [-0.2, 0) is 23.2 Å². The van der Waals surface area contributed by atoms with Crippen molar-refractivity contribution in [2.45, 2.75) is 167 Å². The number of phosphoric ester groups is 1. The smallest absolute Gasteiger partial charge is 0.379 e. The molecule has 0 amide bonds. The first kappa shape index (κ1) is 43.0. The molecule has 9 heteroatoms. The molecule has 2 N–H and O–H groups in total. The first-order chi connectivity index (χ1) is 20.7. The molecule has 8 nitrogen and oxygen atoms in total. The second-order valence-corrected chi connectivity index (χ2v) is 15.0.